The molecule has 0 amide bonds. The summed E-state index contributed by atoms with van der Waals surface area (Å²) in [6, 6.07) is 5.58. The van der Waals surface area contributed by atoms with Crippen LogP contribution in [0, 0.1) is 6.92 Å². The first-order valence-electron chi connectivity index (χ1n) is 5.54. The Labute approximate surface area is 100 Å². The first-order chi connectivity index (χ1) is 8.20. The number of nitrogens with zero attached hydrogens (tertiary/aromatic N) is 2. The predicted molar refractivity (Wildman–Crippen MR) is 67.1 cm³/mol. The summed E-state index contributed by atoms with van der Waals surface area (Å²) < 4.78 is 5.76. The van der Waals surface area contributed by atoms with E-state index in [1.54, 1.807) is 18.5 Å². The van der Waals surface area contributed by atoms with Crippen molar-refractivity contribution >= 4 is 5.69 Å². The van der Waals surface area contributed by atoms with Crippen molar-refractivity contribution in [1.82, 2.24) is 9.97 Å². The van der Waals surface area contributed by atoms with Crippen LogP contribution in [0.5, 0.6) is 11.5 Å². The van der Waals surface area contributed by atoms with E-state index in [-0.39, 0.29) is 0 Å². The quantitative estimate of drug-likeness (QED) is 0.879. The minimum atomic E-state index is 0.523. The highest BCUT2D eigenvalue weighted by Gasteiger charge is 2.07. The molecule has 0 radical (unpaired) electrons. The van der Waals surface area contributed by atoms with Gasteiger partial charge in [0.1, 0.15) is 5.75 Å². The molecule has 88 valence electrons. The van der Waals surface area contributed by atoms with E-state index < -0.39 is 0 Å². The van der Waals surface area contributed by atoms with E-state index in [0.29, 0.717) is 11.4 Å². The maximum Gasteiger partial charge on any atom is 0.153 e. The summed E-state index contributed by atoms with van der Waals surface area (Å²) in [7, 11) is 0. The predicted octanol–water partition coefficient (Wildman–Crippen LogP) is 2.72. The van der Waals surface area contributed by atoms with Gasteiger partial charge in [-0.05, 0) is 25.5 Å². The van der Waals surface area contributed by atoms with Crippen LogP contribution >= 0.6 is 0 Å². The fraction of sp³-hybridized carbons (Fsp3) is 0.231. The summed E-state index contributed by atoms with van der Waals surface area (Å²) in [5, 5.41) is 0. The Morgan fingerprint density at radius 2 is 2.06 bits per heavy atom. The first-order valence-corrected chi connectivity index (χ1v) is 5.54. The van der Waals surface area contributed by atoms with Gasteiger partial charge in [0, 0.05) is 18.0 Å². The highest BCUT2D eigenvalue weighted by Crippen LogP contribution is 2.28. The third-order valence-electron chi connectivity index (χ3n) is 2.44. The lowest BCUT2D eigenvalue weighted by atomic mass is 10.2. The van der Waals surface area contributed by atoms with Gasteiger partial charge < -0.3 is 10.5 Å². The van der Waals surface area contributed by atoms with E-state index in [9.17, 15) is 0 Å². The smallest absolute Gasteiger partial charge is 0.153 e. The van der Waals surface area contributed by atoms with Gasteiger partial charge in [0.15, 0.2) is 5.75 Å². The van der Waals surface area contributed by atoms with Crippen LogP contribution in [0.2, 0.25) is 0 Å². The molecule has 0 fully saturated rings. The van der Waals surface area contributed by atoms with Gasteiger partial charge in [0.2, 0.25) is 0 Å². The van der Waals surface area contributed by atoms with Gasteiger partial charge in [0.05, 0.1) is 17.6 Å². The molecule has 4 heteroatoms. The number of hydrogen-bond donors (Lipinski definition) is 1. The molecule has 17 heavy (non-hydrogen) atoms. The number of ether oxygens (including phenoxy) is 1. The number of pyridine rings is 2. The van der Waals surface area contributed by atoms with Crippen molar-refractivity contribution in [3.05, 3.63) is 42.0 Å². The van der Waals surface area contributed by atoms with Gasteiger partial charge in [-0.25, -0.2) is 0 Å². The Bertz CT molecular complexity index is 526. The van der Waals surface area contributed by atoms with Crippen molar-refractivity contribution in [1.29, 1.82) is 0 Å². The third kappa shape index (κ3) is 2.53. The lowest BCUT2D eigenvalue weighted by Crippen LogP contribution is -1.98. The minimum absolute atomic E-state index is 0.523. The van der Waals surface area contributed by atoms with Crippen molar-refractivity contribution in [2.75, 3.05) is 5.73 Å². The second-order valence-electron chi connectivity index (χ2n) is 3.77. The molecule has 2 aromatic rings. The van der Waals surface area contributed by atoms with Crippen molar-refractivity contribution < 1.29 is 4.74 Å². The normalized spacial score (nSPS) is 10.2. The number of rotatable bonds is 3. The van der Waals surface area contributed by atoms with Crippen LogP contribution < -0.4 is 10.5 Å². The van der Waals surface area contributed by atoms with Crippen LogP contribution in [0.15, 0.2) is 30.6 Å². The summed E-state index contributed by atoms with van der Waals surface area (Å²) in [5.41, 5.74) is 8.22. The maximum atomic E-state index is 5.78. The Morgan fingerprint density at radius 1 is 1.24 bits per heavy atom. The highest BCUT2D eigenvalue weighted by atomic mass is 16.5. The van der Waals surface area contributed by atoms with Crippen molar-refractivity contribution in [3.8, 4) is 11.5 Å². The Morgan fingerprint density at radius 3 is 2.76 bits per heavy atom. The van der Waals surface area contributed by atoms with Crippen LogP contribution in [-0.2, 0) is 6.42 Å². The topological polar surface area (TPSA) is 61.0 Å². The van der Waals surface area contributed by atoms with E-state index in [1.165, 1.54) is 0 Å². The summed E-state index contributed by atoms with van der Waals surface area (Å²) in [6.45, 7) is 4.01. The van der Waals surface area contributed by atoms with E-state index in [0.717, 1.165) is 23.6 Å². The average molecular weight is 229 g/mol. The molecule has 0 aromatic carbocycles. The van der Waals surface area contributed by atoms with Crippen LogP contribution in [0.25, 0.3) is 0 Å². The molecular weight excluding hydrogens is 214 g/mol. The number of hydrogen-bond acceptors (Lipinski definition) is 4. The zero-order valence-corrected chi connectivity index (χ0v) is 9.97. The number of aryl methyl sites for hydroxylation is 2. The zero-order valence-electron chi connectivity index (χ0n) is 9.97. The number of nitrogen functional groups attached to an aromatic ring is 1. The standard InChI is InChI=1S/C13H15N3O/c1-3-11-13(5-4-9(2)16-11)17-12-6-7-15-8-10(12)14/h4-8H,3,14H2,1-2H3. The summed E-state index contributed by atoms with van der Waals surface area (Å²) in [4.78, 5) is 8.36. The Balaban J connectivity index is 2.33. The number of nitrogens with two attached hydrogens (primary N) is 1. The second-order valence-corrected chi connectivity index (χ2v) is 3.77. The van der Waals surface area contributed by atoms with Gasteiger partial charge >= 0.3 is 0 Å². The second kappa shape index (κ2) is 4.82. The molecule has 2 aromatic heterocycles. The summed E-state index contributed by atoms with van der Waals surface area (Å²) >= 11 is 0. The molecule has 0 atom stereocenters. The summed E-state index contributed by atoms with van der Waals surface area (Å²) in [6.07, 6.45) is 4.05. The largest absolute Gasteiger partial charge is 0.453 e. The molecule has 0 aliphatic carbocycles. The zero-order chi connectivity index (χ0) is 12.3. The molecule has 4 nitrogen and oxygen atoms in total. The van der Waals surface area contributed by atoms with Crippen molar-refractivity contribution in [2.45, 2.75) is 20.3 Å². The molecule has 0 unspecified atom stereocenters. The highest BCUT2D eigenvalue weighted by molar-refractivity contribution is 5.51. The van der Waals surface area contributed by atoms with Crippen molar-refractivity contribution in [3.63, 3.8) is 0 Å². The molecule has 0 aliphatic heterocycles. The number of aromatic nitrogens is 2. The van der Waals surface area contributed by atoms with Gasteiger partial charge in [-0.2, -0.15) is 0 Å². The van der Waals surface area contributed by atoms with E-state index in [1.807, 2.05) is 26.0 Å². The molecule has 0 spiro atoms. The maximum absolute atomic E-state index is 5.78. The van der Waals surface area contributed by atoms with E-state index in [4.69, 9.17) is 10.5 Å². The molecular formula is C13H15N3O. The van der Waals surface area contributed by atoms with Crippen LogP contribution in [0.3, 0.4) is 0 Å². The van der Waals surface area contributed by atoms with Crippen molar-refractivity contribution in [2.24, 2.45) is 0 Å². The third-order valence-corrected chi connectivity index (χ3v) is 2.44. The first kappa shape index (κ1) is 11.4. The van der Waals surface area contributed by atoms with Crippen LogP contribution in [0.4, 0.5) is 5.69 Å². The molecule has 2 rings (SSSR count). The molecule has 0 bridgehead atoms. The SMILES string of the molecule is CCc1nc(C)ccc1Oc1ccncc1N. The lowest BCUT2D eigenvalue weighted by Gasteiger charge is -2.11. The molecule has 2 heterocycles. The fourth-order valence-corrected chi connectivity index (χ4v) is 1.55. The average Bonchev–Trinajstić information content (AvgIpc) is 2.34. The molecule has 0 saturated carbocycles. The Hall–Kier alpha value is -2.10. The monoisotopic (exact) mass is 229 g/mol. The van der Waals surface area contributed by atoms with Gasteiger partial charge in [-0.3, -0.25) is 9.97 Å². The van der Waals surface area contributed by atoms with E-state index in [2.05, 4.69) is 9.97 Å². The van der Waals surface area contributed by atoms with Gasteiger partial charge in [0.25, 0.3) is 0 Å². The summed E-state index contributed by atoms with van der Waals surface area (Å²) in [5.74, 6) is 1.36. The molecule has 0 aliphatic rings. The number of anilines is 1. The van der Waals surface area contributed by atoms with Crippen LogP contribution in [0.1, 0.15) is 18.3 Å². The minimum Gasteiger partial charge on any atom is -0.453 e. The van der Waals surface area contributed by atoms with Gasteiger partial charge in [-0.1, -0.05) is 6.92 Å². The molecule has 2 N–H and O–H groups in total. The van der Waals surface area contributed by atoms with Gasteiger partial charge in [-0.15, -0.1) is 0 Å². The van der Waals surface area contributed by atoms with Crippen LogP contribution in [-0.4, -0.2) is 9.97 Å². The Kier molecular flexibility index (Phi) is 3.23. The van der Waals surface area contributed by atoms with E-state index >= 15 is 0 Å². The fourth-order valence-electron chi connectivity index (χ4n) is 1.55. The lowest BCUT2D eigenvalue weighted by molar-refractivity contribution is 0.474. The molecule has 0 saturated heterocycles.